The molecule has 0 aromatic heterocycles. The van der Waals surface area contributed by atoms with Crippen LogP contribution in [-0.2, 0) is 29.2 Å². The highest BCUT2D eigenvalue weighted by atomic mass is 16.3. The Labute approximate surface area is 204 Å². The van der Waals surface area contributed by atoms with E-state index in [0.717, 1.165) is 33.4 Å². The molecule has 7 heteroatoms. The fourth-order valence-corrected chi connectivity index (χ4v) is 4.34. The number of carbonyl (C=O) groups excluding carboxylic acids is 2. The van der Waals surface area contributed by atoms with Crippen molar-refractivity contribution in [2.45, 2.75) is 44.7 Å². The lowest BCUT2D eigenvalue weighted by atomic mass is 9.99. The first kappa shape index (κ1) is 24.6. The van der Waals surface area contributed by atoms with Crippen LogP contribution in [0.4, 0.5) is 0 Å². The number of nitrogens with zero attached hydrogens (tertiary/aromatic N) is 1. The molecular weight excluding hydrogens is 444 g/mol. The van der Waals surface area contributed by atoms with Crippen molar-refractivity contribution in [1.29, 1.82) is 0 Å². The minimum absolute atomic E-state index is 0.0310. The molecule has 0 bridgehead atoms. The first-order valence-corrected chi connectivity index (χ1v) is 11.7. The first-order valence-electron chi connectivity index (χ1n) is 11.7. The van der Waals surface area contributed by atoms with Gasteiger partial charge in [-0.1, -0.05) is 66.7 Å². The topological polar surface area (TPSA) is 110 Å². The van der Waals surface area contributed by atoms with Crippen LogP contribution < -0.4 is 5.32 Å². The third kappa shape index (κ3) is 5.59. The molecule has 4 rings (SSSR count). The summed E-state index contributed by atoms with van der Waals surface area (Å²) in [6, 6.07) is 22.5. The molecule has 3 aromatic carbocycles. The van der Waals surface area contributed by atoms with Crippen LogP contribution in [0.25, 0.3) is 11.1 Å². The van der Waals surface area contributed by atoms with Gasteiger partial charge in [-0.3, -0.25) is 9.59 Å². The molecule has 0 fully saturated rings. The quantitative estimate of drug-likeness (QED) is 0.420. The van der Waals surface area contributed by atoms with E-state index in [2.05, 4.69) is 5.32 Å². The Kier molecular flexibility index (Phi) is 7.60. The van der Waals surface area contributed by atoms with Crippen molar-refractivity contribution in [2.24, 2.45) is 0 Å². The minimum atomic E-state index is -1.87. The van der Waals surface area contributed by atoms with Gasteiger partial charge >= 0.3 is 0 Å². The van der Waals surface area contributed by atoms with Crippen LogP contribution in [0, 0.1) is 0 Å². The fraction of sp³-hybridized carbons (Fsp3) is 0.286. The van der Waals surface area contributed by atoms with Gasteiger partial charge in [0.25, 0.3) is 11.8 Å². The number of aliphatic hydroxyl groups is 3. The van der Waals surface area contributed by atoms with Crippen LogP contribution >= 0.6 is 0 Å². The van der Waals surface area contributed by atoms with E-state index in [4.69, 9.17) is 0 Å². The molecule has 4 N–H and O–H groups in total. The van der Waals surface area contributed by atoms with Crippen LogP contribution in [0.15, 0.2) is 72.8 Å². The number of benzene rings is 3. The molecule has 0 spiro atoms. The molecular formula is C28H30N2O5. The number of carbonyl (C=O) groups is 2. The summed E-state index contributed by atoms with van der Waals surface area (Å²) in [5.74, 6) is -1.47. The van der Waals surface area contributed by atoms with E-state index in [0.29, 0.717) is 19.5 Å². The van der Waals surface area contributed by atoms with E-state index in [9.17, 15) is 24.9 Å². The average molecular weight is 475 g/mol. The molecule has 0 aliphatic carbocycles. The molecule has 2 amide bonds. The normalized spacial score (nSPS) is 15.6. The van der Waals surface area contributed by atoms with Crippen molar-refractivity contribution in [3.8, 4) is 11.1 Å². The summed E-state index contributed by atoms with van der Waals surface area (Å²) in [6.07, 6.45) is -3.05. The number of fused-ring (bicyclic) bond motifs is 1. The van der Waals surface area contributed by atoms with Crippen LogP contribution in [0.1, 0.15) is 35.2 Å². The Balaban J connectivity index is 1.35. The van der Waals surface area contributed by atoms with Gasteiger partial charge in [0.15, 0.2) is 12.2 Å². The molecule has 7 nitrogen and oxygen atoms in total. The summed E-state index contributed by atoms with van der Waals surface area (Å²) < 4.78 is 0. The molecule has 35 heavy (non-hydrogen) atoms. The maximum Gasteiger partial charge on any atom is 0.255 e. The Morgan fingerprint density at radius 1 is 0.914 bits per heavy atom. The Morgan fingerprint density at radius 3 is 2.34 bits per heavy atom. The zero-order valence-corrected chi connectivity index (χ0v) is 19.6. The van der Waals surface area contributed by atoms with Gasteiger partial charge in [-0.2, -0.15) is 0 Å². The Bertz CT molecular complexity index is 1190. The maximum atomic E-state index is 12.7. The van der Waals surface area contributed by atoms with E-state index >= 15 is 0 Å². The minimum Gasteiger partial charge on any atom is -0.392 e. The summed E-state index contributed by atoms with van der Waals surface area (Å²) >= 11 is 0. The summed E-state index contributed by atoms with van der Waals surface area (Å²) in [7, 11) is 0. The molecule has 182 valence electrons. The number of amides is 2. The highest BCUT2D eigenvalue weighted by Crippen LogP contribution is 2.24. The van der Waals surface area contributed by atoms with Crippen LogP contribution in [-0.4, -0.2) is 50.8 Å². The fourth-order valence-electron chi connectivity index (χ4n) is 4.34. The molecule has 0 radical (unpaired) electrons. The number of rotatable bonds is 7. The second kappa shape index (κ2) is 10.8. The van der Waals surface area contributed by atoms with Crippen molar-refractivity contribution in [3.63, 3.8) is 0 Å². The molecule has 0 saturated heterocycles. The summed E-state index contributed by atoms with van der Waals surface area (Å²) in [5.41, 5.74) is 5.72. The predicted octanol–water partition coefficient (Wildman–Crippen LogP) is 2.33. The van der Waals surface area contributed by atoms with Gasteiger partial charge in [0, 0.05) is 13.1 Å². The van der Waals surface area contributed by atoms with Crippen LogP contribution in [0.3, 0.4) is 0 Å². The monoisotopic (exact) mass is 474 g/mol. The van der Waals surface area contributed by atoms with Gasteiger partial charge < -0.3 is 25.5 Å². The first-order chi connectivity index (χ1) is 16.9. The maximum absolute atomic E-state index is 12.7. The third-order valence-electron chi connectivity index (χ3n) is 6.48. The lowest BCUT2D eigenvalue weighted by molar-refractivity contribution is -0.154. The van der Waals surface area contributed by atoms with Crippen molar-refractivity contribution >= 4 is 11.8 Å². The summed E-state index contributed by atoms with van der Waals surface area (Å²) in [4.78, 5) is 26.8. The van der Waals surface area contributed by atoms with Crippen molar-refractivity contribution in [3.05, 3.63) is 95.1 Å². The van der Waals surface area contributed by atoms with E-state index in [1.165, 1.54) is 4.90 Å². The summed E-state index contributed by atoms with van der Waals surface area (Å²) in [5, 5.41) is 32.8. The lowest BCUT2D eigenvalue weighted by Gasteiger charge is -2.31. The van der Waals surface area contributed by atoms with Crippen molar-refractivity contribution < 1.29 is 24.9 Å². The van der Waals surface area contributed by atoms with Crippen LogP contribution in [0.2, 0.25) is 0 Å². The molecule has 1 aliphatic heterocycles. The Hall–Kier alpha value is -3.52. The van der Waals surface area contributed by atoms with E-state index in [-0.39, 0.29) is 6.61 Å². The largest absolute Gasteiger partial charge is 0.392 e. The second-order valence-corrected chi connectivity index (χ2v) is 8.88. The zero-order valence-electron chi connectivity index (χ0n) is 19.6. The summed E-state index contributed by atoms with van der Waals surface area (Å²) in [6.45, 7) is 2.49. The van der Waals surface area contributed by atoms with Gasteiger partial charge in [-0.25, -0.2) is 0 Å². The molecule has 3 atom stereocenters. The smallest absolute Gasteiger partial charge is 0.255 e. The van der Waals surface area contributed by atoms with Gasteiger partial charge in [-0.15, -0.1) is 0 Å². The van der Waals surface area contributed by atoms with Crippen molar-refractivity contribution in [2.75, 3.05) is 6.54 Å². The lowest BCUT2D eigenvalue weighted by Crippen LogP contribution is -2.51. The van der Waals surface area contributed by atoms with Crippen LogP contribution in [0.5, 0.6) is 0 Å². The number of hydrogen-bond acceptors (Lipinski definition) is 5. The zero-order chi connectivity index (χ0) is 24.9. The number of nitrogens with one attached hydrogen (secondary N) is 1. The predicted molar refractivity (Wildman–Crippen MR) is 132 cm³/mol. The Morgan fingerprint density at radius 2 is 1.63 bits per heavy atom. The van der Waals surface area contributed by atoms with Gasteiger partial charge in [0.2, 0.25) is 0 Å². The van der Waals surface area contributed by atoms with E-state index < -0.39 is 30.1 Å². The van der Waals surface area contributed by atoms with Gasteiger partial charge in [-0.05, 0) is 52.8 Å². The third-order valence-corrected chi connectivity index (χ3v) is 6.48. The van der Waals surface area contributed by atoms with E-state index in [1.807, 2.05) is 72.8 Å². The SMILES string of the molecule is C[C@H](NC(=O)[C@@H](O)[C@H](O)C(=O)N1CCc2ccccc2C1)c1ccc(-c2cccc(CO)c2)cc1. The van der Waals surface area contributed by atoms with Gasteiger partial charge in [0.1, 0.15) is 0 Å². The van der Waals surface area contributed by atoms with E-state index in [1.54, 1.807) is 6.92 Å². The van der Waals surface area contributed by atoms with Gasteiger partial charge in [0.05, 0.1) is 12.6 Å². The number of aliphatic hydroxyl groups excluding tert-OH is 3. The highest BCUT2D eigenvalue weighted by molar-refractivity contribution is 5.91. The highest BCUT2D eigenvalue weighted by Gasteiger charge is 2.35. The molecule has 1 heterocycles. The molecule has 0 unspecified atom stereocenters. The number of hydrogen-bond donors (Lipinski definition) is 4. The average Bonchev–Trinajstić information content (AvgIpc) is 2.91. The standard InChI is InChI=1S/C28H30N2O5/c1-18(20-9-11-22(12-10-20)23-8-4-5-19(15-23)17-31)29-27(34)25(32)26(33)28(35)30-14-13-21-6-2-3-7-24(21)16-30/h2-12,15,18,25-26,31-33H,13-14,16-17H2,1H3,(H,29,34)/t18-,25-,26-/m0/s1. The molecule has 1 aliphatic rings. The second-order valence-electron chi connectivity index (χ2n) is 8.88. The molecule has 3 aromatic rings. The van der Waals surface area contributed by atoms with Crippen molar-refractivity contribution in [1.82, 2.24) is 10.2 Å². The molecule has 0 saturated carbocycles.